The molecule has 0 saturated carbocycles. The molecule has 0 saturated heterocycles. The van der Waals surface area contributed by atoms with Gasteiger partial charge >= 0.3 is 17.9 Å². The van der Waals surface area contributed by atoms with E-state index in [-0.39, 0.29) is 31.1 Å². The second kappa shape index (κ2) is 66.1. The van der Waals surface area contributed by atoms with Gasteiger partial charge in [-0.05, 0) is 135 Å². The van der Waals surface area contributed by atoms with Crippen LogP contribution >= 0.6 is 0 Å². The second-order valence-electron chi connectivity index (χ2n) is 21.3. The fraction of sp³-hybridized carbons (Fsp3) is 0.658. The summed E-state index contributed by atoms with van der Waals surface area (Å²) in [6.07, 6.45) is 93.1. The van der Waals surface area contributed by atoms with Gasteiger partial charge in [0.1, 0.15) is 13.2 Å². The zero-order valence-electron chi connectivity index (χ0n) is 51.3. The molecule has 448 valence electrons. The lowest BCUT2D eigenvalue weighted by Crippen LogP contribution is -2.30. The zero-order valence-corrected chi connectivity index (χ0v) is 51.3. The molecule has 0 N–H and O–H groups in total. The Kier molecular flexibility index (Phi) is 62.3. The molecule has 0 aliphatic heterocycles. The first kappa shape index (κ1) is 74.5. The van der Waals surface area contributed by atoms with Gasteiger partial charge in [0, 0.05) is 19.3 Å². The molecular weight excluding hydrogens is 973 g/mol. The molecular formula is C73H120O6. The number of rotatable bonds is 58. The van der Waals surface area contributed by atoms with E-state index < -0.39 is 6.10 Å². The Morgan fingerprint density at radius 1 is 0.266 bits per heavy atom. The van der Waals surface area contributed by atoms with Crippen molar-refractivity contribution in [3.8, 4) is 0 Å². The van der Waals surface area contributed by atoms with E-state index in [0.29, 0.717) is 19.3 Å². The van der Waals surface area contributed by atoms with Crippen molar-refractivity contribution in [3.63, 3.8) is 0 Å². The number of hydrogen-bond donors (Lipinski definition) is 0. The van der Waals surface area contributed by atoms with E-state index in [1.165, 1.54) is 96.3 Å². The van der Waals surface area contributed by atoms with Crippen LogP contribution in [0, 0.1) is 0 Å². The van der Waals surface area contributed by atoms with E-state index in [1.807, 2.05) is 0 Å². The van der Waals surface area contributed by atoms with Gasteiger partial charge < -0.3 is 14.2 Å². The Bertz CT molecular complexity index is 1680. The van der Waals surface area contributed by atoms with Crippen LogP contribution < -0.4 is 0 Å². The number of unbranched alkanes of at least 4 members (excludes halogenated alkanes) is 25. The van der Waals surface area contributed by atoms with Crippen molar-refractivity contribution in [2.24, 2.45) is 0 Å². The number of hydrogen-bond acceptors (Lipinski definition) is 6. The maximum Gasteiger partial charge on any atom is 0.306 e. The third-order valence-electron chi connectivity index (χ3n) is 13.6. The summed E-state index contributed by atoms with van der Waals surface area (Å²) in [4.78, 5) is 38.3. The molecule has 0 aromatic carbocycles. The minimum Gasteiger partial charge on any atom is -0.462 e. The topological polar surface area (TPSA) is 78.9 Å². The molecule has 6 heteroatoms. The van der Waals surface area contributed by atoms with Crippen molar-refractivity contribution < 1.29 is 28.6 Å². The van der Waals surface area contributed by atoms with Crippen molar-refractivity contribution in [2.75, 3.05) is 13.2 Å². The molecule has 0 aromatic rings. The summed E-state index contributed by atoms with van der Waals surface area (Å²) >= 11 is 0. The molecule has 0 aromatic heterocycles. The lowest BCUT2D eigenvalue weighted by Gasteiger charge is -2.18. The molecule has 0 aliphatic rings. The van der Waals surface area contributed by atoms with Crippen LogP contribution in [0.3, 0.4) is 0 Å². The average Bonchev–Trinajstić information content (AvgIpc) is 3.45. The van der Waals surface area contributed by atoms with E-state index in [0.717, 1.165) is 154 Å². The van der Waals surface area contributed by atoms with Crippen molar-refractivity contribution in [1.82, 2.24) is 0 Å². The largest absolute Gasteiger partial charge is 0.462 e. The van der Waals surface area contributed by atoms with E-state index in [9.17, 15) is 14.4 Å². The highest BCUT2D eigenvalue weighted by molar-refractivity contribution is 5.71. The first-order valence-corrected chi connectivity index (χ1v) is 32.7. The maximum absolute atomic E-state index is 12.9. The van der Waals surface area contributed by atoms with Gasteiger partial charge in [-0.2, -0.15) is 0 Å². The predicted molar refractivity (Wildman–Crippen MR) is 343 cm³/mol. The van der Waals surface area contributed by atoms with E-state index >= 15 is 0 Å². The minimum absolute atomic E-state index is 0.0917. The SMILES string of the molecule is CC/C=C\C/C=C\C/C=C\C/C=C\C/C=C\C/C=C\C/C=C\CCCCCCCCCCCC(=O)OCC(COC(=O)CCCCCCC/C=C\C/C=C\CCC)OC(=O)CCCCCCCCC/C=C\C/C=C\CCCCC. The summed E-state index contributed by atoms with van der Waals surface area (Å²) in [5, 5.41) is 0. The zero-order chi connectivity index (χ0) is 57.1. The molecule has 0 rings (SSSR count). The molecule has 0 radical (unpaired) electrons. The summed E-state index contributed by atoms with van der Waals surface area (Å²) in [6.45, 7) is 6.42. The first-order valence-electron chi connectivity index (χ1n) is 32.7. The van der Waals surface area contributed by atoms with Crippen LogP contribution in [0.15, 0.2) is 134 Å². The summed E-state index contributed by atoms with van der Waals surface area (Å²) in [5.41, 5.74) is 0. The molecule has 1 unspecified atom stereocenters. The molecule has 0 aliphatic carbocycles. The third-order valence-corrected chi connectivity index (χ3v) is 13.6. The maximum atomic E-state index is 12.9. The van der Waals surface area contributed by atoms with Gasteiger partial charge in [0.2, 0.25) is 0 Å². The fourth-order valence-electron chi connectivity index (χ4n) is 8.73. The Morgan fingerprint density at radius 3 is 0.823 bits per heavy atom. The van der Waals surface area contributed by atoms with Crippen LogP contribution in [0.25, 0.3) is 0 Å². The van der Waals surface area contributed by atoms with Gasteiger partial charge in [-0.15, -0.1) is 0 Å². The highest BCUT2D eigenvalue weighted by Crippen LogP contribution is 2.15. The molecule has 0 amide bonds. The van der Waals surface area contributed by atoms with Crippen molar-refractivity contribution in [2.45, 2.75) is 297 Å². The number of esters is 3. The van der Waals surface area contributed by atoms with Gasteiger partial charge in [0.25, 0.3) is 0 Å². The number of carbonyl (C=O) groups excluding carboxylic acids is 3. The molecule has 0 spiro atoms. The predicted octanol–water partition coefficient (Wildman–Crippen LogP) is 22.5. The summed E-state index contributed by atoms with van der Waals surface area (Å²) in [7, 11) is 0. The summed E-state index contributed by atoms with van der Waals surface area (Å²) in [5.74, 6) is -0.917. The Hall–Kier alpha value is -4.45. The third kappa shape index (κ3) is 64.3. The van der Waals surface area contributed by atoms with Gasteiger partial charge in [-0.25, -0.2) is 0 Å². The van der Waals surface area contributed by atoms with Crippen molar-refractivity contribution in [3.05, 3.63) is 134 Å². The monoisotopic (exact) mass is 1090 g/mol. The second-order valence-corrected chi connectivity index (χ2v) is 21.3. The highest BCUT2D eigenvalue weighted by Gasteiger charge is 2.19. The van der Waals surface area contributed by atoms with E-state index in [1.54, 1.807) is 0 Å². The Balaban J connectivity index is 4.31. The average molecular weight is 1090 g/mol. The molecule has 0 heterocycles. The van der Waals surface area contributed by atoms with Gasteiger partial charge in [0.05, 0.1) is 0 Å². The lowest BCUT2D eigenvalue weighted by atomic mass is 10.1. The van der Waals surface area contributed by atoms with Crippen LogP contribution in [0.4, 0.5) is 0 Å². The smallest absolute Gasteiger partial charge is 0.306 e. The Morgan fingerprint density at radius 2 is 0.519 bits per heavy atom. The molecule has 1 atom stereocenters. The number of allylic oxidation sites excluding steroid dienone is 22. The highest BCUT2D eigenvalue weighted by atomic mass is 16.6. The van der Waals surface area contributed by atoms with Crippen LogP contribution in [-0.2, 0) is 28.6 Å². The van der Waals surface area contributed by atoms with Crippen LogP contribution in [0.5, 0.6) is 0 Å². The minimum atomic E-state index is -0.796. The van der Waals surface area contributed by atoms with Crippen molar-refractivity contribution >= 4 is 17.9 Å². The molecule has 6 nitrogen and oxygen atoms in total. The van der Waals surface area contributed by atoms with Gasteiger partial charge in [-0.1, -0.05) is 270 Å². The standard InChI is InChI=1S/C73H120O6/c1-4-7-10-13-16-19-22-25-27-29-30-31-32-33-34-35-36-37-38-39-40-41-42-44-45-48-51-54-57-60-63-66-72(75)78-69-70(68-77-71(74)65-62-59-56-53-50-47-24-21-18-15-12-9-6-3)79-73(76)67-64-61-58-55-52-49-46-43-28-26-23-20-17-14-11-8-5-2/h7,10,12,15-17,19-21,24-28,30-31,33-34,36-37,39-40,70H,4-6,8-9,11,13-14,18,22-23,29,32,35,38,41-69H2,1-3H3/b10-7-,15-12-,19-16-,20-17-,24-21-,27-25-,28-26-,31-30-,34-33-,37-36-,40-39-. The van der Waals surface area contributed by atoms with Gasteiger partial charge in [0.15, 0.2) is 6.10 Å². The molecule has 0 fully saturated rings. The van der Waals surface area contributed by atoms with Gasteiger partial charge in [-0.3, -0.25) is 14.4 Å². The van der Waals surface area contributed by atoms with Crippen LogP contribution in [0.2, 0.25) is 0 Å². The summed E-state index contributed by atoms with van der Waals surface area (Å²) in [6, 6.07) is 0. The number of carbonyl (C=O) groups is 3. The number of ether oxygens (including phenoxy) is 3. The quantitative estimate of drug-likeness (QED) is 0.0261. The molecule has 0 bridgehead atoms. The lowest BCUT2D eigenvalue weighted by molar-refractivity contribution is -0.167. The van der Waals surface area contributed by atoms with E-state index in [4.69, 9.17) is 14.2 Å². The molecule has 79 heavy (non-hydrogen) atoms. The fourth-order valence-corrected chi connectivity index (χ4v) is 8.73. The van der Waals surface area contributed by atoms with E-state index in [2.05, 4.69) is 154 Å². The van der Waals surface area contributed by atoms with Crippen molar-refractivity contribution in [1.29, 1.82) is 0 Å². The Labute approximate surface area is 487 Å². The van der Waals surface area contributed by atoms with Crippen LogP contribution in [-0.4, -0.2) is 37.2 Å². The summed E-state index contributed by atoms with van der Waals surface area (Å²) < 4.78 is 16.9. The first-order chi connectivity index (χ1) is 39.0. The normalized spacial score (nSPS) is 13.0. The van der Waals surface area contributed by atoms with Crippen LogP contribution in [0.1, 0.15) is 290 Å².